The molecule has 0 saturated heterocycles. The lowest BCUT2D eigenvalue weighted by Crippen LogP contribution is -2.39. The number of nitrogens with one attached hydrogen (secondary N) is 1. The molecular weight excluding hydrogens is 263 g/mol. The fourth-order valence-electron chi connectivity index (χ4n) is 2.03. The van der Waals surface area contributed by atoms with Gasteiger partial charge < -0.3 is 15.3 Å². The first-order chi connectivity index (χ1) is 9.40. The number of carboxylic acids is 1. The Kier molecular flexibility index (Phi) is 3.92. The first kappa shape index (κ1) is 14.3. The Morgan fingerprint density at radius 2 is 2.10 bits per heavy atom. The van der Waals surface area contributed by atoms with Crippen LogP contribution < -0.4 is 5.32 Å². The summed E-state index contributed by atoms with van der Waals surface area (Å²) in [6, 6.07) is 3.11. The summed E-state index contributed by atoms with van der Waals surface area (Å²) in [6.07, 6.45) is 2.22. The Balaban J connectivity index is 2.05. The third-order valence-corrected chi connectivity index (χ3v) is 3.69. The summed E-state index contributed by atoms with van der Waals surface area (Å²) in [7, 11) is 1.67. The average molecular weight is 280 g/mol. The summed E-state index contributed by atoms with van der Waals surface area (Å²) >= 11 is 0. The molecule has 0 spiro atoms. The fraction of sp³-hybridized carbons (Fsp3) is 0.429. The third-order valence-electron chi connectivity index (χ3n) is 3.69. The van der Waals surface area contributed by atoms with Gasteiger partial charge in [-0.2, -0.15) is 0 Å². The Morgan fingerprint density at radius 3 is 2.60 bits per heavy atom. The second-order valence-corrected chi connectivity index (χ2v) is 5.12. The van der Waals surface area contributed by atoms with Crippen LogP contribution in [-0.4, -0.2) is 35.1 Å². The largest absolute Gasteiger partial charge is 0.478 e. The summed E-state index contributed by atoms with van der Waals surface area (Å²) in [4.78, 5) is 24.2. The van der Waals surface area contributed by atoms with Gasteiger partial charge in [0.2, 0.25) is 0 Å². The van der Waals surface area contributed by atoms with Crippen molar-refractivity contribution in [1.29, 1.82) is 0 Å². The van der Waals surface area contributed by atoms with Crippen molar-refractivity contribution < 1.29 is 19.1 Å². The van der Waals surface area contributed by atoms with Crippen LogP contribution in [0.25, 0.3) is 0 Å². The van der Waals surface area contributed by atoms with E-state index in [0.29, 0.717) is 5.92 Å². The maximum absolute atomic E-state index is 13.7. The van der Waals surface area contributed by atoms with Gasteiger partial charge in [-0.15, -0.1) is 0 Å². The van der Waals surface area contributed by atoms with E-state index in [1.807, 2.05) is 6.92 Å². The second kappa shape index (κ2) is 5.48. The standard InChI is InChI=1S/C14H17FN2O3/c1-8(9-3-4-9)17(2)14(20)16-12-6-5-10(13(18)19)7-11(12)15/h5-9H,3-4H2,1-2H3,(H,16,20)(H,18,19). The van der Waals surface area contributed by atoms with Crippen LogP contribution in [-0.2, 0) is 0 Å². The SMILES string of the molecule is CC(C1CC1)N(C)C(=O)Nc1ccc(C(=O)O)cc1F. The zero-order valence-electron chi connectivity index (χ0n) is 11.4. The molecule has 1 aromatic carbocycles. The number of amides is 2. The number of carbonyl (C=O) groups excluding carboxylic acids is 1. The van der Waals surface area contributed by atoms with Crippen LogP contribution in [0.2, 0.25) is 0 Å². The highest BCUT2D eigenvalue weighted by atomic mass is 19.1. The molecule has 20 heavy (non-hydrogen) atoms. The van der Waals surface area contributed by atoms with Crippen molar-refractivity contribution >= 4 is 17.7 Å². The number of halogens is 1. The molecule has 0 aliphatic heterocycles. The lowest BCUT2D eigenvalue weighted by molar-refractivity contribution is 0.0696. The summed E-state index contributed by atoms with van der Waals surface area (Å²) in [5.74, 6) is -1.45. The van der Waals surface area contributed by atoms with E-state index in [4.69, 9.17) is 5.11 Å². The highest BCUT2D eigenvalue weighted by Gasteiger charge is 2.32. The van der Waals surface area contributed by atoms with Crippen molar-refractivity contribution in [3.8, 4) is 0 Å². The molecule has 0 radical (unpaired) electrons. The summed E-state index contributed by atoms with van der Waals surface area (Å²) in [6.45, 7) is 1.96. The predicted molar refractivity (Wildman–Crippen MR) is 72.3 cm³/mol. The van der Waals surface area contributed by atoms with Crippen LogP contribution in [0.5, 0.6) is 0 Å². The number of hydrogen-bond acceptors (Lipinski definition) is 2. The van der Waals surface area contributed by atoms with Gasteiger partial charge in [-0.1, -0.05) is 0 Å². The first-order valence-electron chi connectivity index (χ1n) is 6.47. The summed E-state index contributed by atoms with van der Waals surface area (Å²) < 4.78 is 13.7. The molecule has 6 heteroatoms. The van der Waals surface area contributed by atoms with E-state index in [1.54, 1.807) is 11.9 Å². The molecule has 1 atom stereocenters. The molecule has 1 aliphatic carbocycles. The van der Waals surface area contributed by atoms with Gasteiger partial charge in [0, 0.05) is 13.1 Å². The van der Waals surface area contributed by atoms with Crippen LogP contribution in [0.4, 0.5) is 14.9 Å². The van der Waals surface area contributed by atoms with Crippen molar-refractivity contribution in [2.45, 2.75) is 25.8 Å². The molecule has 1 saturated carbocycles. The molecule has 1 aliphatic rings. The number of aromatic carboxylic acids is 1. The van der Waals surface area contributed by atoms with E-state index < -0.39 is 17.8 Å². The Bertz CT molecular complexity index is 543. The van der Waals surface area contributed by atoms with Gasteiger partial charge >= 0.3 is 12.0 Å². The zero-order chi connectivity index (χ0) is 14.9. The van der Waals surface area contributed by atoms with Crippen LogP contribution in [0.15, 0.2) is 18.2 Å². The lowest BCUT2D eigenvalue weighted by Gasteiger charge is -2.25. The van der Waals surface area contributed by atoms with Gasteiger partial charge in [0.25, 0.3) is 0 Å². The van der Waals surface area contributed by atoms with E-state index in [1.165, 1.54) is 12.1 Å². The Morgan fingerprint density at radius 1 is 1.45 bits per heavy atom. The minimum atomic E-state index is -1.21. The van der Waals surface area contributed by atoms with Gasteiger partial charge in [-0.05, 0) is 43.9 Å². The Labute approximate surface area is 116 Å². The van der Waals surface area contributed by atoms with Gasteiger partial charge in [-0.25, -0.2) is 14.0 Å². The molecule has 108 valence electrons. The molecule has 5 nitrogen and oxygen atoms in total. The van der Waals surface area contributed by atoms with Crippen LogP contribution >= 0.6 is 0 Å². The van der Waals surface area contributed by atoms with Gasteiger partial charge in [0.1, 0.15) is 5.82 Å². The van der Waals surface area contributed by atoms with E-state index in [2.05, 4.69) is 5.32 Å². The first-order valence-corrected chi connectivity index (χ1v) is 6.47. The van der Waals surface area contributed by atoms with E-state index in [9.17, 15) is 14.0 Å². The second-order valence-electron chi connectivity index (χ2n) is 5.12. The lowest BCUT2D eigenvalue weighted by atomic mass is 10.2. The van der Waals surface area contributed by atoms with Crippen molar-refractivity contribution in [2.24, 2.45) is 5.92 Å². The third kappa shape index (κ3) is 3.07. The molecule has 1 fully saturated rings. The highest BCUT2D eigenvalue weighted by Crippen LogP contribution is 2.34. The topological polar surface area (TPSA) is 69.6 Å². The minimum Gasteiger partial charge on any atom is -0.478 e. The Hall–Kier alpha value is -2.11. The molecule has 0 bridgehead atoms. The smallest absolute Gasteiger partial charge is 0.335 e. The number of anilines is 1. The normalized spacial score (nSPS) is 15.6. The summed E-state index contributed by atoms with van der Waals surface area (Å²) in [5.41, 5.74) is -0.171. The monoisotopic (exact) mass is 280 g/mol. The number of carbonyl (C=O) groups is 2. The number of nitrogens with zero attached hydrogens (tertiary/aromatic N) is 1. The molecule has 2 amide bonds. The maximum atomic E-state index is 13.7. The molecule has 1 unspecified atom stereocenters. The fourth-order valence-corrected chi connectivity index (χ4v) is 2.03. The van der Waals surface area contributed by atoms with Gasteiger partial charge in [0.15, 0.2) is 0 Å². The van der Waals surface area contributed by atoms with Gasteiger partial charge in [-0.3, -0.25) is 0 Å². The van der Waals surface area contributed by atoms with Crippen molar-refractivity contribution in [3.63, 3.8) is 0 Å². The quantitative estimate of drug-likeness (QED) is 0.891. The molecule has 2 rings (SSSR count). The zero-order valence-corrected chi connectivity index (χ0v) is 11.4. The number of hydrogen-bond donors (Lipinski definition) is 2. The van der Waals surface area contributed by atoms with E-state index in [-0.39, 0.29) is 17.3 Å². The number of benzene rings is 1. The maximum Gasteiger partial charge on any atom is 0.335 e. The number of carboxylic acid groups (broad SMARTS) is 1. The highest BCUT2D eigenvalue weighted by molar-refractivity contribution is 5.91. The summed E-state index contributed by atoms with van der Waals surface area (Å²) in [5, 5.41) is 11.2. The van der Waals surface area contributed by atoms with Crippen LogP contribution in [0.3, 0.4) is 0 Å². The van der Waals surface area contributed by atoms with Crippen LogP contribution in [0.1, 0.15) is 30.1 Å². The van der Waals surface area contributed by atoms with E-state index in [0.717, 1.165) is 18.9 Å². The molecular formula is C14H17FN2O3. The number of urea groups is 1. The molecule has 2 N–H and O–H groups in total. The molecule has 0 aromatic heterocycles. The number of rotatable bonds is 4. The van der Waals surface area contributed by atoms with Crippen molar-refractivity contribution in [1.82, 2.24) is 4.90 Å². The van der Waals surface area contributed by atoms with Gasteiger partial charge in [0.05, 0.1) is 11.3 Å². The molecule has 1 aromatic rings. The predicted octanol–water partition coefficient (Wildman–Crippen LogP) is 2.79. The average Bonchev–Trinajstić information content (AvgIpc) is 3.23. The van der Waals surface area contributed by atoms with Crippen LogP contribution in [0, 0.1) is 11.7 Å². The van der Waals surface area contributed by atoms with Crippen molar-refractivity contribution in [2.75, 3.05) is 12.4 Å². The minimum absolute atomic E-state index is 0.0187. The van der Waals surface area contributed by atoms with Crippen molar-refractivity contribution in [3.05, 3.63) is 29.6 Å². The van der Waals surface area contributed by atoms with E-state index >= 15 is 0 Å². The molecule has 0 heterocycles.